The number of thioether (sulfide) groups is 1. The van der Waals surface area contributed by atoms with Crippen molar-refractivity contribution in [3.63, 3.8) is 0 Å². The third-order valence-electron chi connectivity index (χ3n) is 5.24. The van der Waals surface area contributed by atoms with Crippen LogP contribution in [0.4, 0.5) is 10.5 Å². The molecule has 0 unspecified atom stereocenters. The number of ether oxygens (including phenoxy) is 1. The summed E-state index contributed by atoms with van der Waals surface area (Å²) in [4.78, 5) is 39.0. The van der Waals surface area contributed by atoms with E-state index in [0.717, 1.165) is 38.9 Å². The number of amides is 3. The average molecular weight is 473 g/mol. The number of anilines is 1. The van der Waals surface area contributed by atoms with Gasteiger partial charge in [0.05, 0.1) is 4.91 Å². The monoisotopic (exact) mass is 472 g/mol. The quantitative estimate of drug-likeness (QED) is 0.456. The van der Waals surface area contributed by atoms with Gasteiger partial charge in [0.15, 0.2) is 0 Å². The minimum atomic E-state index is -0.485. The van der Waals surface area contributed by atoms with Crippen molar-refractivity contribution < 1.29 is 19.1 Å². The van der Waals surface area contributed by atoms with E-state index in [4.69, 9.17) is 4.74 Å². The maximum absolute atomic E-state index is 12.8. The van der Waals surface area contributed by atoms with E-state index in [2.05, 4.69) is 5.32 Å². The molecule has 1 heterocycles. The van der Waals surface area contributed by atoms with Crippen LogP contribution in [-0.4, -0.2) is 28.5 Å². The van der Waals surface area contributed by atoms with E-state index >= 15 is 0 Å². The van der Waals surface area contributed by atoms with Gasteiger partial charge in [0.2, 0.25) is 5.91 Å². The molecule has 0 bridgehead atoms. The molecule has 0 radical (unpaired) electrons. The van der Waals surface area contributed by atoms with Gasteiger partial charge in [0.1, 0.15) is 18.9 Å². The molecule has 3 aromatic rings. The van der Waals surface area contributed by atoms with Gasteiger partial charge in [-0.05, 0) is 66.6 Å². The van der Waals surface area contributed by atoms with Crippen molar-refractivity contribution in [3.05, 3.63) is 100.0 Å². The van der Waals surface area contributed by atoms with Crippen molar-refractivity contribution in [3.8, 4) is 5.75 Å². The highest BCUT2D eigenvalue weighted by Crippen LogP contribution is 2.32. The summed E-state index contributed by atoms with van der Waals surface area (Å²) in [6, 6.07) is 22.8. The molecule has 0 saturated carbocycles. The number of rotatable bonds is 7. The van der Waals surface area contributed by atoms with E-state index in [9.17, 15) is 14.4 Å². The SMILES string of the molecule is Cc1ccc(NC(=O)CN2C(=O)S/C(=C/c3cccc(OCc4ccccc4)c3)C2=O)c(C)c1. The first kappa shape index (κ1) is 23.3. The van der Waals surface area contributed by atoms with Crippen LogP contribution in [0.3, 0.4) is 0 Å². The van der Waals surface area contributed by atoms with Crippen LogP contribution < -0.4 is 10.1 Å². The number of benzene rings is 3. The molecule has 0 spiro atoms. The molecule has 172 valence electrons. The number of carbonyl (C=O) groups is 3. The van der Waals surface area contributed by atoms with E-state index in [-0.39, 0.29) is 11.4 Å². The number of aryl methyl sites for hydroxylation is 2. The molecule has 4 rings (SSSR count). The van der Waals surface area contributed by atoms with Gasteiger partial charge < -0.3 is 10.1 Å². The fraction of sp³-hybridized carbons (Fsp3) is 0.148. The summed E-state index contributed by atoms with van der Waals surface area (Å²) in [6.07, 6.45) is 1.64. The molecule has 1 aliphatic heterocycles. The summed E-state index contributed by atoms with van der Waals surface area (Å²) >= 11 is 0.824. The second-order valence-corrected chi connectivity index (χ2v) is 8.97. The van der Waals surface area contributed by atoms with Crippen LogP contribution in [0.5, 0.6) is 5.75 Å². The zero-order valence-corrected chi connectivity index (χ0v) is 19.7. The maximum atomic E-state index is 12.8. The first-order chi connectivity index (χ1) is 16.4. The second-order valence-electron chi connectivity index (χ2n) is 7.98. The molecule has 7 heteroatoms. The third-order valence-corrected chi connectivity index (χ3v) is 6.14. The van der Waals surface area contributed by atoms with Crippen molar-refractivity contribution >= 4 is 40.6 Å². The molecular weight excluding hydrogens is 448 g/mol. The normalized spacial score (nSPS) is 14.5. The first-order valence-electron chi connectivity index (χ1n) is 10.8. The smallest absolute Gasteiger partial charge is 0.294 e. The third kappa shape index (κ3) is 5.74. The maximum Gasteiger partial charge on any atom is 0.294 e. The number of imide groups is 1. The van der Waals surface area contributed by atoms with E-state index < -0.39 is 17.1 Å². The minimum absolute atomic E-state index is 0.268. The van der Waals surface area contributed by atoms with Crippen LogP contribution in [0, 0.1) is 13.8 Å². The Morgan fingerprint density at radius 3 is 2.56 bits per heavy atom. The van der Waals surface area contributed by atoms with Crippen LogP contribution in [0.2, 0.25) is 0 Å². The lowest BCUT2D eigenvalue weighted by atomic mass is 10.1. The lowest BCUT2D eigenvalue weighted by Gasteiger charge is -2.14. The number of hydrogen-bond donors (Lipinski definition) is 1. The lowest BCUT2D eigenvalue weighted by molar-refractivity contribution is -0.127. The molecule has 0 aliphatic carbocycles. The van der Waals surface area contributed by atoms with Crippen LogP contribution in [-0.2, 0) is 16.2 Å². The van der Waals surface area contributed by atoms with Gasteiger partial charge in [-0.15, -0.1) is 0 Å². The molecule has 3 aromatic carbocycles. The fourth-order valence-corrected chi connectivity index (χ4v) is 4.35. The van der Waals surface area contributed by atoms with Gasteiger partial charge in [-0.2, -0.15) is 0 Å². The van der Waals surface area contributed by atoms with Crippen LogP contribution in [0.25, 0.3) is 6.08 Å². The number of carbonyl (C=O) groups excluding carboxylic acids is 3. The topological polar surface area (TPSA) is 75.7 Å². The summed E-state index contributed by atoms with van der Waals surface area (Å²) in [5.41, 5.74) is 4.44. The average Bonchev–Trinajstić information content (AvgIpc) is 3.08. The molecule has 1 aliphatic rings. The summed E-state index contributed by atoms with van der Waals surface area (Å²) in [5, 5.41) is 2.31. The van der Waals surface area contributed by atoms with Gasteiger partial charge in [0.25, 0.3) is 11.1 Å². The molecule has 34 heavy (non-hydrogen) atoms. The van der Waals surface area contributed by atoms with Gasteiger partial charge >= 0.3 is 0 Å². The van der Waals surface area contributed by atoms with Crippen molar-refractivity contribution in [2.24, 2.45) is 0 Å². The Hall–Kier alpha value is -3.84. The van der Waals surface area contributed by atoms with Crippen molar-refractivity contribution in [2.75, 3.05) is 11.9 Å². The Morgan fingerprint density at radius 2 is 1.79 bits per heavy atom. The highest BCUT2D eigenvalue weighted by molar-refractivity contribution is 8.18. The lowest BCUT2D eigenvalue weighted by Crippen LogP contribution is -2.36. The molecule has 1 fully saturated rings. The zero-order valence-electron chi connectivity index (χ0n) is 18.9. The number of nitrogens with zero attached hydrogens (tertiary/aromatic N) is 1. The van der Waals surface area contributed by atoms with Gasteiger partial charge in [-0.3, -0.25) is 19.3 Å². The largest absolute Gasteiger partial charge is 0.489 e. The standard InChI is InChI=1S/C27H24N2O4S/c1-18-11-12-23(19(2)13-18)28-25(30)16-29-26(31)24(34-27(29)32)15-21-9-6-10-22(14-21)33-17-20-7-4-3-5-8-20/h3-15H,16-17H2,1-2H3,(H,28,30)/b24-15+. The fourth-order valence-electron chi connectivity index (χ4n) is 3.51. The predicted octanol–water partition coefficient (Wildman–Crippen LogP) is 5.56. The van der Waals surface area contributed by atoms with Crippen molar-refractivity contribution in [1.82, 2.24) is 4.90 Å². The van der Waals surface area contributed by atoms with Gasteiger partial charge in [0, 0.05) is 5.69 Å². The Bertz CT molecular complexity index is 1270. The van der Waals surface area contributed by atoms with Crippen molar-refractivity contribution in [2.45, 2.75) is 20.5 Å². The van der Waals surface area contributed by atoms with Gasteiger partial charge in [-0.25, -0.2) is 0 Å². The number of nitrogens with one attached hydrogen (secondary N) is 1. The molecule has 3 amide bonds. The van der Waals surface area contributed by atoms with E-state index in [0.29, 0.717) is 18.0 Å². The minimum Gasteiger partial charge on any atom is -0.489 e. The zero-order chi connectivity index (χ0) is 24.1. The van der Waals surface area contributed by atoms with Crippen LogP contribution >= 0.6 is 11.8 Å². The van der Waals surface area contributed by atoms with E-state index in [1.807, 2.05) is 86.6 Å². The second kappa shape index (κ2) is 10.4. The predicted molar refractivity (Wildman–Crippen MR) is 134 cm³/mol. The summed E-state index contributed by atoms with van der Waals surface area (Å²) in [7, 11) is 0. The highest BCUT2D eigenvalue weighted by atomic mass is 32.2. The van der Waals surface area contributed by atoms with Crippen LogP contribution in [0.1, 0.15) is 22.3 Å². The van der Waals surface area contributed by atoms with Crippen LogP contribution in [0.15, 0.2) is 77.7 Å². The van der Waals surface area contributed by atoms with Gasteiger partial charge in [-0.1, -0.05) is 60.2 Å². The summed E-state index contributed by atoms with van der Waals surface area (Å²) < 4.78 is 5.84. The van der Waals surface area contributed by atoms with E-state index in [1.165, 1.54) is 0 Å². The molecule has 6 nitrogen and oxygen atoms in total. The van der Waals surface area contributed by atoms with Crippen molar-refractivity contribution in [1.29, 1.82) is 0 Å². The molecule has 0 atom stereocenters. The Kier molecular flexibility index (Phi) is 7.13. The van der Waals surface area contributed by atoms with E-state index in [1.54, 1.807) is 6.08 Å². The Labute approximate surface area is 202 Å². The molecular formula is C27H24N2O4S. The summed E-state index contributed by atoms with van der Waals surface area (Å²) in [6.45, 7) is 3.95. The Morgan fingerprint density at radius 1 is 1.00 bits per heavy atom. The first-order valence-corrected chi connectivity index (χ1v) is 11.6. The molecule has 0 aromatic heterocycles. The molecule has 1 saturated heterocycles. The Balaban J connectivity index is 1.40. The number of hydrogen-bond acceptors (Lipinski definition) is 5. The molecule has 1 N–H and O–H groups in total. The summed E-state index contributed by atoms with van der Waals surface area (Å²) in [5.74, 6) is -0.252. The highest BCUT2D eigenvalue weighted by Gasteiger charge is 2.36.